The molecule has 2 aromatic rings. The van der Waals surface area contributed by atoms with Crippen LogP contribution < -0.4 is 10.1 Å². The highest BCUT2D eigenvalue weighted by atomic mass is 35.5. The average molecular weight is 295 g/mol. The zero-order chi connectivity index (χ0) is 14.5. The number of amides is 1. The van der Waals surface area contributed by atoms with Crippen LogP contribution in [0.15, 0.2) is 36.5 Å². The molecule has 0 spiro atoms. The van der Waals surface area contributed by atoms with Crippen LogP contribution in [0.2, 0.25) is 5.02 Å². The van der Waals surface area contributed by atoms with Gasteiger partial charge in [0.05, 0.1) is 12.7 Å². The quantitative estimate of drug-likeness (QED) is 0.943. The fraction of sp³-hybridized carbons (Fsp3) is 0.143. The standard InChI is InChI=1S/C14H12ClFN2O2/c1-20-13-6-9(4-5-17-13)8-18-14(19)11-3-2-10(15)7-12(11)16/h2-7H,8H2,1H3,(H,18,19). The summed E-state index contributed by atoms with van der Waals surface area (Å²) in [5.74, 6) is -0.702. The Kier molecular flexibility index (Phi) is 4.53. The Morgan fingerprint density at radius 2 is 2.20 bits per heavy atom. The van der Waals surface area contributed by atoms with E-state index in [0.717, 1.165) is 11.6 Å². The van der Waals surface area contributed by atoms with E-state index in [1.54, 1.807) is 18.3 Å². The average Bonchev–Trinajstić information content (AvgIpc) is 2.45. The number of halogens is 2. The van der Waals surface area contributed by atoms with Crippen molar-refractivity contribution < 1.29 is 13.9 Å². The van der Waals surface area contributed by atoms with Crippen LogP contribution in [0.1, 0.15) is 15.9 Å². The van der Waals surface area contributed by atoms with Gasteiger partial charge in [-0.2, -0.15) is 0 Å². The van der Waals surface area contributed by atoms with E-state index in [4.69, 9.17) is 16.3 Å². The van der Waals surface area contributed by atoms with Gasteiger partial charge in [0.25, 0.3) is 5.91 Å². The summed E-state index contributed by atoms with van der Waals surface area (Å²) in [6.07, 6.45) is 1.57. The van der Waals surface area contributed by atoms with Crippen molar-refractivity contribution in [3.63, 3.8) is 0 Å². The number of nitrogens with zero attached hydrogens (tertiary/aromatic N) is 1. The minimum absolute atomic E-state index is 0.0459. The van der Waals surface area contributed by atoms with Crippen LogP contribution in [0.25, 0.3) is 0 Å². The van der Waals surface area contributed by atoms with Crippen LogP contribution >= 0.6 is 11.6 Å². The zero-order valence-electron chi connectivity index (χ0n) is 10.7. The summed E-state index contributed by atoms with van der Waals surface area (Å²) in [7, 11) is 1.51. The lowest BCUT2D eigenvalue weighted by molar-refractivity contribution is 0.0947. The third-order valence-electron chi connectivity index (χ3n) is 2.64. The molecule has 6 heteroatoms. The van der Waals surface area contributed by atoms with Crippen molar-refractivity contribution in [2.45, 2.75) is 6.54 Å². The maximum atomic E-state index is 13.6. The molecule has 2 rings (SSSR count). The predicted octanol–water partition coefficient (Wildman–Crippen LogP) is 2.81. The molecule has 20 heavy (non-hydrogen) atoms. The first-order valence-corrected chi connectivity index (χ1v) is 6.20. The molecular weight excluding hydrogens is 283 g/mol. The first kappa shape index (κ1) is 14.3. The van der Waals surface area contributed by atoms with Gasteiger partial charge in [0.2, 0.25) is 5.88 Å². The number of carbonyl (C=O) groups excluding carboxylic acids is 1. The van der Waals surface area contributed by atoms with Crippen molar-refractivity contribution in [3.8, 4) is 5.88 Å². The molecule has 0 unspecified atom stereocenters. The lowest BCUT2D eigenvalue weighted by Crippen LogP contribution is -2.23. The number of carbonyl (C=O) groups is 1. The van der Waals surface area contributed by atoms with Crippen LogP contribution in [-0.2, 0) is 6.54 Å². The van der Waals surface area contributed by atoms with Gasteiger partial charge < -0.3 is 10.1 Å². The van der Waals surface area contributed by atoms with Gasteiger partial charge in [-0.3, -0.25) is 4.79 Å². The maximum Gasteiger partial charge on any atom is 0.254 e. The number of rotatable bonds is 4. The number of methoxy groups -OCH3 is 1. The molecule has 0 bridgehead atoms. The zero-order valence-corrected chi connectivity index (χ0v) is 11.4. The van der Waals surface area contributed by atoms with Gasteiger partial charge in [-0.1, -0.05) is 11.6 Å². The van der Waals surface area contributed by atoms with Gasteiger partial charge in [-0.05, 0) is 29.8 Å². The van der Waals surface area contributed by atoms with E-state index in [1.807, 2.05) is 0 Å². The van der Waals surface area contributed by atoms with Crippen molar-refractivity contribution >= 4 is 17.5 Å². The Morgan fingerprint density at radius 3 is 2.90 bits per heavy atom. The minimum atomic E-state index is -0.651. The topological polar surface area (TPSA) is 51.2 Å². The number of hydrogen-bond acceptors (Lipinski definition) is 3. The summed E-state index contributed by atoms with van der Waals surface area (Å²) >= 11 is 5.64. The molecular formula is C14H12ClFN2O2. The monoisotopic (exact) mass is 294 g/mol. The SMILES string of the molecule is COc1cc(CNC(=O)c2ccc(Cl)cc2F)ccn1. The molecule has 0 fully saturated rings. The third-order valence-corrected chi connectivity index (χ3v) is 2.87. The van der Waals surface area contributed by atoms with E-state index < -0.39 is 11.7 Å². The van der Waals surface area contributed by atoms with Crippen LogP contribution in [0, 0.1) is 5.82 Å². The van der Waals surface area contributed by atoms with E-state index in [-0.39, 0.29) is 17.1 Å². The molecule has 0 saturated heterocycles. The van der Waals surface area contributed by atoms with Crippen LogP contribution in [-0.4, -0.2) is 18.0 Å². The van der Waals surface area contributed by atoms with Gasteiger partial charge >= 0.3 is 0 Å². The minimum Gasteiger partial charge on any atom is -0.481 e. The molecule has 0 saturated carbocycles. The molecule has 0 aliphatic heterocycles. The number of benzene rings is 1. The molecule has 1 amide bonds. The Bertz CT molecular complexity index is 634. The smallest absolute Gasteiger partial charge is 0.254 e. The fourth-order valence-corrected chi connectivity index (χ4v) is 1.78. The van der Waals surface area contributed by atoms with Crippen molar-refractivity contribution in [3.05, 3.63) is 58.5 Å². The van der Waals surface area contributed by atoms with Crippen LogP contribution in [0.4, 0.5) is 4.39 Å². The second-order valence-electron chi connectivity index (χ2n) is 4.01. The van der Waals surface area contributed by atoms with Crippen molar-refractivity contribution in [2.75, 3.05) is 7.11 Å². The number of pyridine rings is 1. The Balaban J connectivity index is 2.04. The summed E-state index contributed by atoms with van der Waals surface area (Å²) in [4.78, 5) is 15.8. The first-order chi connectivity index (χ1) is 9.60. The number of ether oxygens (including phenoxy) is 1. The number of hydrogen-bond donors (Lipinski definition) is 1. The summed E-state index contributed by atoms with van der Waals surface area (Å²) in [6, 6.07) is 7.35. The van der Waals surface area contributed by atoms with Gasteiger partial charge in [0, 0.05) is 23.8 Å². The van der Waals surface area contributed by atoms with Gasteiger partial charge in [-0.15, -0.1) is 0 Å². The summed E-state index contributed by atoms with van der Waals surface area (Å²) < 4.78 is 18.6. The van der Waals surface area contributed by atoms with Gasteiger partial charge in [0.15, 0.2) is 0 Å². The molecule has 1 N–H and O–H groups in total. The predicted molar refractivity (Wildman–Crippen MR) is 73.4 cm³/mol. The molecule has 104 valence electrons. The van der Waals surface area contributed by atoms with E-state index >= 15 is 0 Å². The highest BCUT2D eigenvalue weighted by Gasteiger charge is 2.11. The number of aromatic nitrogens is 1. The molecule has 0 radical (unpaired) electrons. The van der Waals surface area contributed by atoms with Crippen molar-refractivity contribution in [1.29, 1.82) is 0 Å². The second-order valence-corrected chi connectivity index (χ2v) is 4.45. The van der Waals surface area contributed by atoms with E-state index in [2.05, 4.69) is 10.3 Å². The lowest BCUT2D eigenvalue weighted by atomic mass is 10.2. The molecule has 1 aromatic heterocycles. The molecule has 1 aromatic carbocycles. The van der Waals surface area contributed by atoms with E-state index in [0.29, 0.717) is 5.88 Å². The largest absolute Gasteiger partial charge is 0.481 e. The van der Waals surface area contributed by atoms with Gasteiger partial charge in [-0.25, -0.2) is 9.37 Å². The Labute approximate surface area is 120 Å². The summed E-state index contributed by atoms with van der Waals surface area (Å²) in [5.41, 5.74) is 0.759. The second kappa shape index (κ2) is 6.34. The highest BCUT2D eigenvalue weighted by Crippen LogP contribution is 2.15. The molecule has 0 aliphatic rings. The Morgan fingerprint density at radius 1 is 1.40 bits per heavy atom. The third kappa shape index (κ3) is 3.45. The normalized spacial score (nSPS) is 10.2. The van der Waals surface area contributed by atoms with E-state index in [9.17, 15) is 9.18 Å². The molecule has 0 aliphatic carbocycles. The Hall–Kier alpha value is -2.14. The van der Waals surface area contributed by atoms with E-state index in [1.165, 1.54) is 19.2 Å². The van der Waals surface area contributed by atoms with Crippen molar-refractivity contribution in [1.82, 2.24) is 10.3 Å². The summed E-state index contributed by atoms with van der Waals surface area (Å²) in [5, 5.41) is 2.87. The fourth-order valence-electron chi connectivity index (χ4n) is 1.62. The molecule has 1 heterocycles. The lowest BCUT2D eigenvalue weighted by Gasteiger charge is -2.07. The summed E-state index contributed by atoms with van der Waals surface area (Å²) in [6.45, 7) is 0.250. The van der Waals surface area contributed by atoms with Crippen molar-refractivity contribution in [2.24, 2.45) is 0 Å². The first-order valence-electron chi connectivity index (χ1n) is 5.82. The molecule has 0 atom stereocenters. The maximum absolute atomic E-state index is 13.6. The van der Waals surface area contributed by atoms with Crippen LogP contribution in [0.5, 0.6) is 5.88 Å². The van der Waals surface area contributed by atoms with Crippen LogP contribution in [0.3, 0.4) is 0 Å². The molecule has 4 nitrogen and oxygen atoms in total. The highest BCUT2D eigenvalue weighted by molar-refractivity contribution is 6.30. The van der Waals surface area contributed by atoms with Gasteiger partial charge in [0.1, 0.15) is 5.82 Å². The number of nitrogens with one attached hydrogen (secondary N) is 1.